The number of amides is 1. The summed E-state index contributed by atoms with van der Waals surface area (Å²) in [6.45, 7) is 4.69. The Kier molecular flexibility index (Phi) is 6.05. The van der Waals surface area contributed by atoms with Crippen molar-refractivity contribution in [1.29, 1.82) is 0 Å². The highest BCUT2D eigenvalue weighted by Gasteiger charge is 2.15. The molecule has 1 aromatic carbocycles. The van der Waals surface area contributed by atoms with Gasteiger partial charge in [-0.3, -0.25) is 9.78 Å². The van der Waals surface area contributed by atoms with Crippen LogP contribution >= 0.6 is 0 Å². The van der Waals surface area contributed by atoms with Crippen molar-refractivity contribution in [2.45, 2.75) is 25.3 Å². The van der Waals surface area contributed by atoms with Crippen molar-refractivity contribution in [3.8, 4) is 0 Å². The number of nitrogens with zero attached hydrogens (tertiary/aromatic N) is 1. The van der Waals surface area contributed by atoms with Crippen LogP contribution in [-0.4, -0.2) is 25.9 Å². The molecular weight excluding hydrogens is 326 g/mol. The van der Waals surface area contributed by atoms with Gasteiger partial charge in [-0.05, 0) is 42.3 Å². The Morgan fingerprint density at radius 1 is 1.12 bits per heavy atom. The number of sulfonamides is 1. The lowest BCUT2D eigenvalue weighted by molar-refractivity contribution is 0.0949. The summed E-state index contributed by atoms with van der Waals surface area (Å²) in [5.74, 6) is 0.137. The van der Waals surface area contributed by atoms with Crippen LogP contribution in [0.3, 0.4) is 0 Å². The lowest BCUT2D eigenvalue weighted by Gasteiger charge is -2.09. The zero-order valence-electron chi connectivity index (χ0n) is 13.7. The predicted octanol–water partition coefficient (Wildman–Crippen LogP) is 1.95. The molecule has 0 atom stereocenters. The van der Waals surface area contributed by atoms with E-state index >= 15 is 0 Å². The van der Waals surface area contributed by atoms with E-state index in [0.717, 1.165) is 0 Å². The summed E-state index contributed by atoms with van der Waals surface area (Å²) in [6, 6.07) is 11.2. The Bertz CT molecular complexity index is 772. The third-order valence-electron chi connectivity index (χ3n) is 3.27. The normalized spacial score (nSPS) is 11.5. The SMILES string of the molecule is CC(C)CNC(=O)c1ccc(S(=O)(=O)NCc2ccccn2)cc1. The first kappa shape index (κ1) is 18.1. The summed E-state index contributed by atoms with van der Waals surface area (Å²) in [5.41, 5.74) is 1.06. The first-order chi connectivity index (χ1) is 11.4. The van der Waals surface area contributed by atoms with Gasteiger partial charge in [0.05, 0.1) is 17.1 Å². The van der Waals surface area contributed by atoms with Gasteiger partial charge in [0, 0.05) is 18.3 Å². The highest BCUT2D eigenvalue weighted by molar-refractivity contribution is 7.89. The lowest BCUT2D eigenvalue weighted by atomic mass is 10.2. The number of benzene rings is 1. The van der Waals surface area contributed by atoms with Crippen LogP contribution in [-0.2, 0) is 16.6 Å². The van der Waals surface area contributed by atoms with Crippen LogP contribution in [0.5, 0.6) is 0 Å². The number of pyridine rings is 1. The molecule has 0 aliphatic carbocycles. The van der Waals surface area contributed by atoms with Crippen LogP contribution in [0.15, 0.2) is 53.6 Å². The second-order valence-electron chi connectivity index (χ2n) is 5.77. The molecule has 6 nitrogen and oxygen atoms in total. The van der Waals surface area contributed by atoms with Gasteiger partial charge in [-0.2, -0.15) is 0 Å². The molecule has 0 unspecified atom stereocenters. The molecule has 128 valence electrons. The van der Waals surface area contributed by atoms with Crippen molar-refractivity contribution in [2.24, 2.45) is 5.92 Å². The molecule has 7 heteroatoms. The second-order valence-corrected chi connectivity index (χ2v) is 7.54. The number of hydrogen-bond donors (Lipinski definition) is 2. The van der Waals surface area contributed by atoms with E-state index < -0.39 is 10.0 Å². The summed E-state index contributed by atoms with van der Waals surface area (Å²) in [4.78, 5) is 16.1. The van der Waals surface area contributed by atoms with Gasteiger partial charge in [-0.15, -0.1) is 0 Å². The number of hydrogen-bond acceptors (Lipinski definition) is 4. The zero-order chi connectivity index (χ0) is 17.6. The van der Waals surface area contributed by atoms with E-state index in [-0.39, 0.29) is 17.3 Å². The Labute approximate surface area is 142 Å². The van der Waals surface area contributed by atoms with E-state index in [1.165, 1.54) is 24.3 Å². The summed E-state index contributed by atoms with van der Waals surface area (Å²) < 4.78 is 27.0. The van der Waals surface area contributed by atoms with E-state index in [2.05, 4.69) is 15.0 Å². The third-order valence-corrected chi connectivity index (χ3v) is 4.68. The molecule has 24 heavy (non-hydrogen) atoms. The molecular formula is C17H21N3O3S. The third kappa shape index (κ3) is 5.14. The Morgan fingerprint density at radius 3 is 2.42 bits per heavy atom. The van der Waals surface area contributed by atoms with Crippen molar-refractivity contribution in [1.82, 2.24) is 15.0 Å². The maximum Gasteiger partial charge on any atom is 0.251 e. The summed E-state index contributed by atoms with van der Waals surface area (Å²) in [7, 11) is -3.65. The van der Waals surface area contributed by atoms with Gasteiger partial charge in [-0.1, -0.05) is 19.9 Å². The van der Waals surface area contributed by atoms with Gasteiger partial charge in [-0.25, -0.2) is 13.1 Å². The molecule has 0 spiro atoms. The lowest BCUT2D eigenvalue weighted by Crippen LogP contribution is -2.27. The number of aromatic nitrogens is 1. The number of carbonyl (C=O) groups is 1. The number of rotatable bonds is 7. The summed E-state index contributed by atoms with van der Waals surface area (Å²) in [6.07, 6.45) is 1.61. The fourth-order valence-electron chi connectivity index (χ4n) is 1.94. The van der Waals surface area contributed by atoms with Crippen molar-refractivity contribution >= 4 is 15.9 Å². The second kappa shape index (κ2) is 8.03. The molecule has 0 aliphatic heterocycles. The van der Waals surface area contributed by atoms with Crippen molar-refractivity contribution in [3.05, 3.63) is 59.9 Å². The first-order valence-electron chi connectivity index (χ1n) is 7.66. The van der Waals surface area contributed by atoms with E-state index in [0.29, 0.717) is 23.7 Å². The topological polar surface area (TPSA) is 88.2 Å². The molecule has 2 rings (SSSR count). The van der Waals surface area contributed by atoms with Crippen LogP contribution < -0.4 is 10.0 Å². The van der Waals surface area contributed by atoms with Gasteiger partial charge in [0.1, 0.15) is 0 Å². The van der Waals surface area contributed by atoms with Crippen molar-refractivity contribution in [2.75, 3.05) is 6.54 Å². The highest BCUT2D eigenvalue weighted by Crippen LogP contribution is 2.11. The van der Waals surface area contributed by atoms with Crippen LogP contribution in [0.2, 0.25) is 0 Å². The molecule has 0 fully saturated rings. The van der Waals surface area contributed by atoms with Crippen molar-refractivity contribution < 1.29 is 13.2 Å². The van der Waals surface area contributed by atoms with Gasteiger partial charge in [0.15, 0.2) is 0 Å². The Hall–Kier alpha value is -2.25. The molecule has 0 saturated heterocycles. The van der Waals surface area contributed by atoms with E-state index in [9.17, 15) is 13.2 Å². The molecule has 2 N–H and O–H groups in total. The quantitative estimate of drug-likeness (QED) is 0.801. The van der Waals surface area contributed by atoms with Gasteiger partial charge >= 0.3 is 0 Å². The minimum atomic E-state index is -3.65. The van der Waals surface area contributed by atoms with E-state index in [1.54, 1.807) is 24.4 Å². The van der Waals surface area contributed by atoms with Gasteiger partial charge < -0.3 is 5.32 Å². The number of carbonyl (C=O) groups excluding carboxylic acids is 1. The van der Waals surface area contributed by atoms with Crippen LogP contribution in [0.25, 0.3) is 0 Å². The van der Waals surface area contributed by atoms with E-state index in [4.69, 9.17) is 0 Å². The average Bonchev–Trinajstić information content (AvgIpc) is 2.59. The summed E-state index contributed by atoms with van der Waals surface area (Å²) >= 11 is 0. The largest absolute Gasteiger partial charge is 0.352 e. The highest BCUT2D eigenvalue weighted by atomic mass is 32.2. The van der Waals surface area contributed by atoms with Crippen molar-refractivity contribution in [3.63, 3.8) is 0 Å². The minimum absolute atomic E-state index is 0.110. The molecule has 0 radical (unpaired) electrons. The predicted molar refractivity (Wildman–Crippen MR) is 91.9 cm³/mol. The molecule has 1 aromatic heterocycles. The smallest absolute Gasteiger partial charge is 0.251 e. The molecule has 0 saturated carbocycles. The average molecular weight is 347 g/mol. The maximum atomic E-state index is 12.3. The monoisotopic (exact) mass is 347 g/mol. The molecule has 0 aliphatic rings. The van der Waals surface area contributed by atoms with E-state index in [1.807, 2.05) is 13.8 Å². The Balaban J connectivity index is 2.02. The van der Waals surface area contributed by atoms with Gasteiger partial charge in [0.25, 0.3) is 5.91 Å². The Morgan fingerprint density at radius 2 is 1.83 bits per heavy atom. The molecule has 2 aromatic rings. The fraction of sp³-hybridized carbons (Fsp3) is 0.294. The van der Waals surface area contributed by atoms with Crippen LogP contribution in [0.1, 0.15) is 29.9 Å². The maximum absolute atomic E-state index is 12.3. The molecule has 1 heterocycles. The minimum Gasteiger partial charge on any atom is -0.352 e. The first-order valence-corrected chi connectivity index (χ1v) is 9.14. The van der Waals surface area contributed by atoms with Crippen LogP contribution in [0.4, 0.5) is 0 Å². The molecule has 0 bridgehead atoms. The zero-order valence-corrected chi connectivity index (χ0v) is 14.5. The van der Waals surface area contributed by atoms with Crippen LogP contribution in [0, 0.1) is 5.92 Å². The summed E-state index contributed by atoms with van der Waals surface area (Å²) in [5, 5.41) is 2.79. The standard InChI is InChI=1S/C17H21N3O3S/c1-13(2)11-19-17(21)14-6-8-16(9-7-14)24(22,23)20-12-15-5-3-4-10-18-15/h3-10,13,20H,11-12H2,1-2H3,(H,19,21). The van der Waals surface area contributed by atoms with Gasteiger partial charge in [0.2, 0.25) is 10.0 Å². The number of nitrogens with one attached hydrogen (secondary N) is 2. The molecule has 1 amide bonds. The fourth-order valence-corrected chi connectivity index (χ4v) is 2.94.